The van der Waals surface area contributed by atoms with Gasteiger partial charge in [0.25, 0.3) is 15.9 Å². The van der Waals surface area contributed by atoms with Gasteiger partial charge in [0.2, 0.25) is 0 Å². The van der Waals surface area contributed by atoms with Gasteiger partial charge in [-0.25, -0.2) is 12.8 Å². The second kappa shape index (κ2) is 10.0. The molecule has 1 saturated heterocycles. The molecule has 11 heteroatoms. The van der Waals surface area contributed by atoms with Crippen LogP contribution in [0.1, 0.15) is 28.8 Å². The maximum absolute atomic E-state index is 13.1. The van der Waals surface area contributed by atoms with E-state index in [0.717, 1.165) is 31.6 Å². The van der Waals surface area contributed by atoms with E-state index in [1.807, 2.05) is 0 Å². The third-order valence-corrected chi connectivity index (χ3v) is 6.41. The molecule has 0 radical (unpaired) electrons. The standard InChI is InChI=1S/C20H23FN4O4S2/c1-13-4-5-14(19(26)23-24-20(30)22-12-17-3-2-10-29-17)11-18(13)31(27,28)25-16-8-6-15(21)7-9-16/h4-9,11,17,25H,2-3,10,12H2,1H3,(H,23,26)(H2,22,24,30). The van der Waals surface area contributed by atoms with E-state index in [0.29, 0.717) is 12.1 Å². The number of aryl methyl sites for hydroxylation is 1. The minimum atomic E-state index is -3.99. The molecule has 1 amide bonds. The molecular formula is C20H23FN4O4S2. The quantitative estimate of drug-likeness (QED) is 0.382. The van der Waals surface area contributed by atoms with Crippen molar-refractivity contribution in [3.8, 4) is 0 Å². The van der Waals surface area contributed by atoms with Crippen LogP contribution in [0.25, 0.3) is 0 Å². The van der Waals surface area contributed by atoms with E-state index >= 15 is 0 Å². The number of ether oxygens (including phenoxy) is 1. The molecule has 1 heterocycles. The third-order valence-electron chi connectivity index (χ3n) is 4.64. The van der Waals surface area contributed by atoms with Crippen molar-refractivity contribution < 1.29 is 22.3 Å². The average Bonchev–Trinajstić information content (AvgIpc) is 3.26. The molecule has 1 atom stereocenters. The summed E-state index contributed by atoms with van der Waals surface area (Å²) in [6, 6.07) is 9.22. The molecule has 1 unspecified atom stereocenters. The molecule has 0 aromatic heterocycles. The van der Waals surface area contributed by atoms with Crippen LogP contribution in [-0.4, -0.2) is 38.7 Å². The Bertz CT molecular complexity index is 1060. The third kappa shape index (κ3) is 6.36. The minimum absolute atomic E-state index is 0.0661. The lowest BCUT2D eigenvalue weighted by molar-refractivity contribution is 0.0943. The minimum Gasteiger partial charge on any atom is -0.376 e. The van der Waals surface area contributed by atoms with E-state index in [4.69, 9.17) is 17.0 Å². The molecule has 4 N–H and O–H groups in total. The summed E-state index contributed by atoms with van der Waals surface area (Å²) in [6.07, 6.45) is 2.06. The molecule has 2 aromatic carbocycles. The van der Waals surface area contributed by atoms with E-state index in [1.54, 1.807) is 6.92 Å². The molecule has 1 aliphatic rings. The van der Waals surface area contributed by atoms with E-state index in [1.165, 1.54) is 30.3 Å². The van der Waals surface area contributed by atoms with Crippen molar-refractivity contribution in [2.24, 2.45) is 0 Å². The van der Waals surface area contributed by atoms with Crippen LogP contribution in [-0.2, 0) is 14.8 Å². The molecule has 1 aliphatic heterocycles. The predicted molar refractivity (Wildman–Crippen MR) is 119 cm³/mol. The molecule has 0 aliphatic carbocycles. The van der Waals surface area contributed by atoms with Crippen LogP contribution in [0.15, 0.2) is 47.4 Å². The number of hydrogen-bond acceptors (Lipinski definition) is 5. The molecule has 2 aromatic rings. The average molecular weight is 467 g/mol. The molecule has 0 saturated carbocycles. The Kier molecular flexibility index (Phi) is 7.42. The summed E-state index contributed by atoms with van der Waals surface area (Å²) in [5.74, 6) is -1.03. The van der Waals surface area contributed by atoms with Gasteiger partial charge in [-0.3, -0.25) is 20.4 Å². The zero-order chi connectivity index (χ0) is 22.4. The lowest BCUT2D eigenvalue weighted by Gasteiger charge is -2.15. The number of hydrazine groups is 1. The maximum atomic E-state index is 13.1. The Morgan fingerprint density at radius 2 is 1.94 bits per heavy atom. The zero-order valence-electron chi connectivity index (χ0n) is 16.8. The van der Waals surface area contributed by atoms with Crippen molar-refractivity contribution in [1.29, 1.82) is 0 Å². The number of carbonyl (C=O) groups is 1. The molecular weight excluding hydrogens is 443 g/mol. The van der Waals surface area contributed by atoms with Gasteiger partial charge in [-0.2, -0.15) is 0 Å². The molecule has 0 bridgehead atoms. The lowest BCUT2D eigenvalue weighted by Crippen LogP contribution is -2.48. The number of anilines is 1. The van der Waals surface area contributed by atoms with Gasteiger partial charge in [0.15, 0.2) is 5.11 Å². The smallest absolute Gasteiger partial charge is 0.269 e. The van der Waals surface area contributed by atoms with Gasteiger partial charge in [0.1, 0.15) is 5.82 Å². The van der Waals surface area contributed by atoms with Crippen LogP contribution in [0, 0.1) is 12.7 Å². The number of nitrogens with one attached hydrogen (secondary N) is 4. The number of carbonyl (C=O) groups excluding carboxylic acids is 1. The van der Waals surface area contributed by atoms with Gasteiger partial charge in [-0.05, 0) is 73.9 Å². The largest absolute Gasteiger partial charge is 0.376 e. The fourth-order valence-corrected chi connectivity index (χ4v) is 4.47. The summed E-state index contributed by atoms with van der Waals surface area (Å²) in [5.41, 5.74) is 5.81. The molecule has 166 valence electrons. The number of hydrogen-bond donors (Lipinski definition) is 4. The molecule has 0 spiro atoms. The normalized spacial score (nSPS) is 15.9. The Balaban J connectivity index is 1.63. The first-order valence-electron chi connectivity index (χ1n) is 9.59. The first-order chi connectivity index (χ1) is 14.7. The fraction of sp³-hybridized carbons (Fsp3) is 0.300. The second-order valence-electron chi connectivity index (χ2n) is 7.02. The maximum Gasteiger partial charge on any atom is 0.269 e. The van der Waals surface area contributed by atoms with E-state index < -0.39 is 21.7 Å². The van der Waals surface area contributed by atoms with Gasteiger partial charge in [-0.1, -0.05) is 6.07 Å². The molecule has 31 heavy (non-hydrogen) atoms. The van der Waals surface area contributed by atoms with Crippen molar-refractivity contribution in [3.05, 3.63) is 59.4 Å². The Morgan fingerprint density at radius 1 is 1.19 bits per heavy atom. The summed E-state index contributed by atoms with van der Waals surface area (Å²) in [4.78, 5) is 12.4. The first-order valence-corrected chi connectivity index (χ1v) is 11.5. The van der Waals surface area contributed by atoms with Gasteiger partial charge in [0.05, 0.1) is 11.0 Å². The highest BCUT2D eigenvalue weighted by Gasteiger charge is 2.20. The van der Waals surface area contributed by atoms with Crippen molar-refractivity contribution in [3.63, 3.8) is 0 Å². The van der Waals surface area contributed by atoms with E-state index in [9.17, 15) is 17.6 Å². The summed E-state index contributed by atoms with van der Waals surface area (Å²) >= 11 is 5.12. The number of thiocarbonyl (C=S) groups is 1. The van der Waals surface area contributed by atoms with Gasteiger partial charge < -0.3 is 10.1 Å². The van der Waals surface area contributed by atoms with Crippen molar-refractivity contribution in [2.75, 3.05) is 17.9 Å². The zero-order valence-corrected chi connectivity index (χ0v) is 18.4. The number of amides is 1. The summed E-state index contributed by atoms with van der Waals surface area (Å²) in [6.45, 7) is 2.88. The number of rotatable bonds is 6. The van der Waals surface area contributed by atoms with Crippen LogP contribution in [0.3, 0.4) is 0 Å². The van der Waals surface area contributed by atoms with Crippen LogP contribution in [0.4, 0.5) is 10.1 Å². The van der Waals surface area contributed by atoms with Crippen LogP contribution in [0.2, 0.25) is 0 Å². The van der Waals surface area contributed by atoms with Crippen molar-refractivity contribution in [2.45, 2.75) is 30.8 Å². The van der Waals surface area contributed by atoms with Gasteiger partial charge >= 0.3 is 0 Å². The monoisotopic (exact) mass is 466 g/mol. The fourth-order valence-electron chi connectivity index (χ4n) is 3.00. The van der Waals surface area contributed by atoms with Crippen molar-refractivity contribution in [1.82, 2.24) is 16.2 Å². The lowest BCUT2D eigenvalue weighted by atomic mass is 10.1. The highest BCUT2D eigenvalue weighted by Crippen LogP contribution is 2.21. The second-order valence-corrected chi connectivity index (χ2v) is 9.08. The highest BCUT2D eigenvalue weighted by atomic mass is 32.2. The summed E-state index contributed by atoms with van der Waals surface area (Å²) < 4.78 is 46.4. The van der Waals surface area contributed by atoms with E-state index in [-0.39, 0.29) is 27.4 Å². The number of benzene rings is 2. The van der Waals surface area contributed by atoms with Gasteiger partial charge in [-0.15, -0.1) is 0 Å². The van der Waals surface area contributed by atoms with E-state index in [2.05, 4.69) is 20.9 Å². The highest BCUT2D eigenvalue weighted by molar-refractivity contribution is 7.92. The molecule has 3 rings (SSSR count). The number of sulfonamides is 1. The Labute approximate surface area is 185 Å². The Hall–Kier alpha value is -2.76. The topological polar surface area (TPSA) is 109 Å². The number of halogens is 1. The van der Waals surface area contributed by atoms with Crippen LogP contribution in [0.5, 0.6) is 0 Å². The molecule has 1 fully saturated rings. The van der Waals surface area contributed by atoms with Gasteiger partial charge in [0, 0.05) is 24.4 Å². The van der Waals surface area contributed by atoms with Crippen molar-refractivity contribution >= 4 is 38.9 Å². The Morgan fingerprint density at radius 3 is 2.61 bits per heavy atom. The summed E-state index contributed by atoms with van der Waals surface area (Å²) in [5, 5.41) is 3.18. The first kappa shape index (κ1) is 22.9. The predicted octanol–water partition coefficient (Wildman–Crippen LogP) is 2.22. The molecule has 8 nitrogen and oxygen atoms in total. The van der Waals surface area contributed by atoms with Crippen LogP contribution >= 0.6 is 12.2 Å². The summed E-state index contributed by atoms with van der Waals surface area (Å²) in [7, 11) is -3.99. The SMILES string of the molecule is Cc1ccc(C(=O)NNC(=S)NCC2CCCO2)cc1S(=O)(=O)Nc1ccc(F)cc1. The van der Waals surface area contributed by atoms with Crippen LogP contribution < -0.4 is 20.9 Å².